The topological polar surface area (TPSA) is 52.2 Å². The number of nitrogens with one attached hydrogen (secondary N) is 1. The number of hydrogen-bond donors (Lipinski definition) is 1. The Kier molecular flexibility index (Phi) is 8.17. The summed E-state index contributed by atoms with van der Waals surface area (Å²) in [5.74, 6) is 0.0650. The molecule has 0 fully saturated rings. The van der Waals surface area contributed by atoms with Gasteiger partial charge in [-0.05, 0) is 51.7 Å². The first-order valence-electron chi connectivity index (χ1n) is 11.9. The molecule has 6 rings (SSSR count). The van der Waals surface area contributed by atoms with Crippen molar-refractivity contribution in [2.75, 3.05) is 18.0 Å². The molecule has 1 aliphatic heterocycles. The molecule has 5 aromatic rings. The van der Waals surface area contributed by atoms with Crippen molar-refractivity contribution in [1.82, 2.24) is 14.9 Å². The van der Waals surface area contributed by atoms with Crippen LogP contribution in [0.25, 0.3) is 21.9 Å². The molecule has 1 amide bonds. The maximum absolute atomic E-state index is 13.7. The zero-order valence-electron chi connectivity index (χ0n) is 20.2. The van der Waals surface area contributed by atoms with E-state index in [9.17, 15) is 4.79 Å². The smallest absolute Gasteiger partial charge is 0.254 e. The number of carbonyl (C=O) groups is 1. The molecule has 2 heterocycles. The molecular weight excluding hydrogens is 503 g/mol. The molecule has 0 saturated carbocycles. The van der Waals surface area contributed by atoms with Gasteiger partial charge in [0, 0.05) is 37.1 Å². The lowest BCUT2D eigenvalue weighted by Crippen LogP contribution is -2.35. The molecule has 7 heteroatoms. The second-order valence-electron chi connectivity index (χ2n) is 9.00. The van der Waals surface area contributed by atoms with Crippen molar-refractivity contribution in [3.05, 3.63) is 120 Å². The van der Waals surface area contributed by atoms with Gasteiger partial charge >= 0.3 is 0 Å². The van der Waals surface area contributed by atoms with Gasteiger partial charge in [0.1, 0.15) is 0 Å². The zero-order chi connectivity index (χ0) is 23.6. The molecule has 0 unspecified atom stereocenters. The van der Waals surface area contributed by atoms with E-state index in [4.69, 9.17) is 0 Å². The van der Waals surface area contributed by atoms with Crippen molar-refractivity contribution in [2.45, 2.75) is 13.1 Å². The largest absolute Gasteiger partial charge is 0.364 e. The SMILES string of the molecule is Cl.Cl.O=C(c1ccc2ccccc2c1)N1CCN(Cc2cnc[nH]2)c2ccc(-c3ccccc3)cc2C1. The normalized spacial score (nSPS) is 12.8. The highest BCUT2D eigenvalue weighted by atomic mass is 35.5. The van der Waals surface area contributed by atoms with Gasteiger partial charge in [0.2, 0.25) is 0 Å². The van der Waals surface area contributed by atoms with E-state index in [-0.39, 0.29) is 30.7 Å². The van der Waals surface area contributed by atoms with Crippen molar-refractivity contribution < 1.29 is 4.79 Å². The summed E-state index contributed by atoms with van der Waals surface area (Å²) < 4.78 is 0. The van der Waals surface area contributed by atoms with Gasteiger partial charge in [0.05, 0.1) is 18.6 Å². The molecule has 0 spiro atoms. The Bertz CT molecular complexity index is 1490. The fourth-order valence-corrected chi connectivity index (χ4v) is 4.90. The number of aromatic amines is 1. The lowest BCUT2D eigenvalue weighted by Gasteiger charge is -2.24. The number of halogens is 2. The average molecular weight is 531 g/mol. The Hall–Kier alpha value is -3.80. The number of benzene rings is 4. The van der Waals surface area contributed by atoms with Crippen LogP contribution in [0.4, 0.5) is 5.69 Å². The van der Waals surface area contributed by atoms with E-state index in [0.29, 0.717) is 13.1 Å². The number of hydrogen-bond acceptors (Lipinski definition) is 3. The van der Waals surface area contributed by atoms with Gasteiger partial charge in [-0.3, -0.25) is 4.79 Å². The molecule has 0 atom stereocenters. The highest BCUT2D eigenvalue weighted by molar-refractivity contribution is 5.98. The van der Waals surface area contributed by atoms with Crippen molar-refractivity contribution in [2.24, 2.45) is 0 Å². The number of fused-ring (bicyclic) bond motifs is 2. The summed E-state index contributed by atoms with van der Waals surface area (Å²) in [5, 5.41) is 2.23. The van der Waals surface area contributed by atoms with Crippen LogP contribution < -0.4 is 4.90 Å². The molecule has 188 valence electrons. The van der Waals surface area contributed by atoms with E-state index >= 15 is 0 Å². The highest BCUT2D eigenvalue weighted by Crippen LogP contribution is 2.32. The minimum absolute atomic E-state index is 0. The van der Waals surface area contributed by atoms with Crippen molar-refractivity contribution in [3.63, 3.8) is 0 Å². The van der Waals surface area contributed by atoms with Crippen LogP contribution in [-0.2, 0) is 13.1 Å². The van der Waals surface area contributed by atoms with Gasteiger partial charge in [-0.2, -0.15) is 0 Å². The fourth-order valence-electron chi connectivity index (χ4n) is 4.90. The van der Waals surface area contributed by atoms with E-state index in [0.717, 1.165) is 51.9 Å². The lowest BCUT2D eigenvalue weighted by molar-refractivity contribution is 0.0751. The summed E-state index contributed by atoms with van der Waals surface area (Å²) in [6.45, 7) is 2.68. The average Bonchev–Trinajstić information content (AvgIpc) is 3.36. The Balaban J connectivity index is 0.00000160. The number of imidazole rings is 1. The summed E-state index contributed by atoms with van der Waals surface area (Å²) in [4.78, 5) is 25.4. The van der Waals surface area contributed by atoms with Crippen molar-refractivity contribution >= 4 is 47.2 Å². The lowest BCUT2D eigenvalue weighted by atomic mass is 10.0. The van der Waals surface area contributed by atoms with Gasteiger partial charge < -0.3 is 14.8 Å². The standard InChI is InChI=1S/C30H26N4O.2ClH/c35-30(26-11-10-23-8-4-5-9-24(23)16-26)34-15-14-33(20-28-18-31-21-32-28)29-13-12-25(17-27(29)19-34)22-6-2-1-3-7-22;;/h1-13,16-18,21H,14-15,19-20H2,(H,31,32);2*1H. The van der Waals surface area contributed by atoms with Crippen LogP contribution in [0.15, 0.2) is 104 Å². The third-order valence-corrected chi connectivity index (χ3v) is 6.73. The quantitative estimate of drug-likeness (QED) is 0.280. The minimum atomic E-state index is 0. The van der Waals surface area contributed by atoms with E-state index < -0.39 is 0 Å². The van der Waals surface area contributed by atoms with Gasteiger partial charge in [0.25, 0.3) is 5.91 Å². The summed E-state index contributed by atoms with van der Waals surface area (Å²) in [6, 6.07) is 31.1. The third kappa shape index (κ3) is 5.48. The number of aromatic nitrogens is 2. The molecule has 0 saturated heterocycles. The third-order valence-electron chi connectivity index (χ3n) is 6.73. The number of H-pyrrole nitrogens is 1. The maximum atomic E-state index is 13.7. The molecule has 1 aliphatic rings. The Morgan fingerprint density at radius 3 is 2.38 bits per heavy atom. The van der Waals surface area contributed by atoms with Crippen molar-refractivity contribution in [3.8, 4) is 11.1 Å². The minimum Gasteiger partial charge on any atom is -0.364 e. The first-order chi connectivity index (χ1) is 17.2. The van der Waals surface area contributed by atoms with Crippen LogP contribution >= 0.6 is 24.8 Å². The summed E-state index contributed by atoms with van der Waals surface area (Å²) in [7, 11) is 0. The molecule has 0 bridgehead atoms. The van der Waals surface area contributed by atoms with E-state index in [1.165, 1.54) is 5.56 Å². The van der Waals surface area contributed by atoms with Crippen LogP contribution in [0, 0.1) is 0 Å². The maximum Gasteiger partial charge on any atom is 0.254 e. The summed E-state index contributed by atoms with van der Waals surface area (Å²) in [5.41, 5.74) is 6.42. The van der Waals surface area contributed by atoms with E-state index in [1.807, 2.05) is 47.5 Å². The van der Waals surface area contributed by atoms with E-state index in [2.05, 4.69) is 69.5 Å². The molecule has 5 nitrogen and oxygen atoms in total. The van der Waals surface area contributed by atoms with Crippen LogP contribution in [-0.4, -0.2) is 33.9 Å². The van der Waals surface area contributed by atoms with Crippen molar-refractivity contribution in [1.29, 1.82) is 0 Å². The van der Waals surface area contributed by atoms with E-state index in [1.54, 1.807) is 6.33 Å². The van der Waals surface area contributed by atoms with Gasteiger partial charge in [-0.1, -0.05) is 66.7 Å². The number of anilines is 1. The van der Waals surface area contributed by atoms with Gasteiger partial charge in [-0.15, -0.1) is 24.8 Å². The van der Waals surface area contributed by atoms with Crippen LogP contribution in [0.2, 0.25) is 0 Å². The predicted molar refractivity (Wildman–Crippen MR) is 155 cm³/mol. The molecule has 0 aliphatic carbocycles. The first kappa shape index (κ1) is 26.3. The first-order valence-corrected chi connectivity index (χ1v) is 11.9. The Morgan fingerprint density at radius 1 is 0.811 bits per heavy atom. The van der Waals surface area contributed by atoms with Crippen LogP contribution in [0.1, 0.15) is 21.6 Å². The summed E-state index contributed by atoms with van der Waals surface area (Å²) >= 11 is 0. The summed E-state index contributed by atoms with van der Waals surface area (Å²) in [6.07, 6.45) is 3.57. The molecule has 4 aromatic carbocycles. The van der Waals surface area contributed by atoms with Gasteiger partial charge in [0.15, 0.2) is 0 Å². The second kappa shape index (κ2) is 11.5. The highest BCUT2D eigenvalue weighted by Gasteiger charge is 2.25. The monoisotopic (exact) mass is 530 g/mol. The second-order valence-corrected chi connectivity index (χ2v) is 9.00. The fraction of sp³-hybridized carbons (Fsp3) is 0.133. The molecule has 0 radical (unpaired) electrons. The Labute approximate surface area is 229 Å². The molecule has 1 N–H and O–H groups in total. The van der Waals surface area contributed by atoms with Crippen LogP contribution in [0.5, 0.6) is 0 Å². The molecule has 1 aromatic heterocycles. The zero-order valence-corrected chi connectivity index (χ0v) is 21.8. The number of nitrogens with zero attached hydrogens (tertiary/aromatic N) is 3. The Morgan fingerprint density at radius 2 is 1.59 bits per heavy atom. The molecule has 37 heavy (non-hydrogen) atoms. The van der Waals surface area contributed by atoms with Gasteiger partial charge in [-0.25, -0.2) is 4.98 Å². The number of rotatable bonds is 4. The predicted octanol–water partition coefficient (Wildman–Crippen LogP) is 6.74. The van der Waals surface area contributed by atoms with Crippen LogP contribution in [0.3, 0.4) is 0 Å². The number of carbonyl (C=O) groups excluding carboxylic acids is 1. The molecular formula is C30H28Cl2N4O. The number of amides is 1.